The molecule has 0 amide bonds. The molecule has 1 heterocycles. The molecule has 0 radical (unpaired) electrons. The van der Waals surface area contributed by atoms with E-state index in [1.54, 1.807) is 0 Å². The van der Waals surface area contributed by atoms with Crippen LogP contribution < -0.4 is 0 Å². The van der Waals surface area contributed by atoms with Crippen molar-refractivity contribution in [3.05, 3.63) is 69.2 Å². The molecule has 126 valence electrons. The molecule has 1 N–H and O–H groups in total. The Hall–Kier alpha value is -1.36. The molecule has 1 aliphatic heterocycles. The van der Waals surface area contributed by atoms with Gasteiger partial charge in [0.25, 0.3) is 0 Å². The number of carbonyl (C=O) groups is 1. The molecule has 1 aliphatic rings. The smallest absolute Gasteiger partial charge is 0.307 e. The molecule has 5 heteroatoms. The molecule has 2 unspecified atom stereocenters. The zero-order chi connectivity index (χ0) is 17.1. The minimum Gasteiger partial charge on any atom is -0.481 e. The minimum atomic E-state index is -0.708. The van der Waals surface area contributed by atoms with E-state index in [0.717, 1.165) is 35.0 Å². The number of halogens is 2. The average molecular weight is 409 g/mol. The van der Waals surface area contributed by atoms with Crippen molar-refractivity contribution in [3.8, 4) is 0 Å². The predicted molar refractivity (Wildman–Crippen MR) is 99.4 cm³/mol. The van der Waals surface area contributed by atoms with Gasteiger partial charge in [-0.1, -0.05) is 51.8 Å². The van der Waals surface area contributed by atoms with Gasteiger partial charge in [0.2, 0.25) is 0 Å². The van der Waals surface area contributed by atoms with Crippen LogP contribution in [0.1, 0.15) is 30.0 Å². The Kier molecular flexibility index (Phi) is 5.59. The van der Waals surface area contributed by atoms with Crippen LogP contribution in [0.2, 0.25) is 5.02 Å². The second-order valence-electron chi connectivity index (χ2n) is 6.18. The van der Waals surface area contributed by atoms with E-state index in [4.69, 9.17) is 11.6 Å². The van der Waals surface area contributed by atoms with Gasteiger partial charge in [0.15, 0.2) is 0 Å². The number of hydrogen-bond donors (Lipinski definition) is 1. The van der Waals surface area contributed by atoms with Crippen LogP contribution in [0.25, 0.3) is 0 Å². The number of benzene rings is 2. The lowest BCUT2D eigenvalue weighted by molar-refractivity contribution is -0.143. The summed E-state index contributed by atoms with van der Waals surface area (Å²) in [5.74, 6) is -1.02. The highest BCUT2D eigenvalue weighted by Gasteiger charge is 2.31. The van der Waals surface area contributed by atoms with Gasteiger partial charge in [0, 0.05) is 16.0 Å². The van der Waals surface area contributed by atoms with Gasteiger partial charge in [-0.2, -0.15) is 0 Å². The monoisotopic (exact) mass is 407 g/mol. The van der Waals surface area contributed by atoms with Gasteiger partial charge in [-0.05, 0) is 54.8 Å². The van der Waals surface area contributed by atoms with E-state index in [9.17, 15) is 9.90 Å². The Morgan fingerprint density at radius 2 is 1.96 bits per heavy atom. The van der Waals surface area contributed by atoms with E-state index in [1.165, 1.54) is 0 Å². The van der Waals surface area contributed by atoms with Crippen LogP contribution in [0.3, 0.4) is 0 Å². The van der Waals surface area contributed by atoms with Crippen LogP contribution in [-0.2, 0) is 4.79 Å². The first-order chi connectivity index (χ1) is 11.5. The zero-order valence-electron chi connectivity index (χ0n) is 13.2. The van der Waals surface area contributed by atoms with E-state index in [1.807, 2.05) is 30.3 Å². The van der Waals surface area contributed by atoms with Crippen LogP contribution in [0.5, 0.6) is 0 Å². The molecule has 3 rings (SSSR count). The maximum Gasteiger partial charge on any atom is 0.307 e. The maximum atomic E-state index is 11.4. The second-order valence-corrected chi connectivity index (χ2v) is 7.53. The molecule has 0 bridgehead atoms. The summed E-state index contributed by atoms with van der Waals surface area (Å²) in [6.07, 6.45) is 1.64. The second kappa shape index (κ2) is 7.68. The first-order valence-corrected chi connectivity index (χ1v) is 9.19. The van der Waals surface area contributed by atoms with Crippen molar-refractivity contribution in [2.75, 3.05) is 13.1 Å². The predicted octanol–water partition coefficient (Wildman–Crippen LogP) is 4.99. The maximum absolute atomic E-state index is 11.4. The van der Waals surface area contributed by atoms with E-state index in [0.29, 0.717) is 11.6 Å². The molecule has 3 nitrogen and oxygen atoms in total. The lowest BCUT2D eigenvalue weighted by Crippen LogP contribution is -2.41. The number of piperidine rings is 1. The summed E-state index contributed by atoms with van der Waals surface area (Å²) in [6.45, 7) is 1.44. The van der Waals surface area contributed by atoms with E-state index in [-0.39, 0.29) is 12.0 Å². The van der Waals surface area contributed by atoms with Crippen molar-refractivity contribution >= 4 is 33.5 Å². The van der Waals surface area contributed by atoms with Gasteiger partial charge in [0.1, 0.15) is 0 Å². The molecular formula is C19H19BrClNO2. The van der Waals surface area contributed by atoms with E-state index in [2.05, 4.69) is 39.0 Å². The molecule has 0 spiro atoms. The number of carboxylic acid groups (broad SMARTS) is 1. The SMILES string of the molecule is O=C(O)C1CCCN(C(c2ccc(Br)cc2)c2cccc(Cl)c2)C1. The molecule has 0 saturated carbocycles. The van der Waals surface area contributed by atoms with E-state index >= 15 is 0 Å². The van der Waals surface area contributed by atoms with Gasteiger partial charge >= 0.3 is 5.97 Å². The van der Waals surface area contributed by atoms with Crippen LogP contribution in [0.15, 0.2) is 53.0 Å². The lowest BCUT2D eigenvalue weighted by Gasteiger charge is -2.37. The topological polar surface area (TPSA) is 40.5 Å². The highest BCUT2D eigenvalue weighted by atomic mass is 79.9. The fraction of sp³-hybridized carbons (Fsp3) is 0.316. The summed E-state index contributed by atoms with van der Waals surface area (Å²) >= 11 is 9.67. The number of hydrogen-bond acceptors (Lipinski definition) is 2. The number of nitrogens with zero attached hydrogens (tertiary/aromatic N) is 1. The normalized spacial score (nSPS) is 19.8. The summed E-state index contributed by atoms with van der Waals surface area (Å²) < 4.78 is 1.03. The highest BCUT2D eigenvalue weighted by molar-refractivity contribution is 9.10. The number of rotatable bonds is 4. The molecule has 2 aromatic carbocycles. The Morgan fingerprint density at radius 3 is 2.62 bits per heavy atom. The van der Waals surface area contributed by atoms with Crippen LogP contribution in [0.4, 0.5) is 0 Å². The Balaban J connectivity index is 1.98. The van der Waals surface area contributed by atoms with Gasteiger partial charge in [-0.25, -0.2) is 0 Å². The van der Waals surface area contributed by atoms with Crippen molar-refractivity contribution in [3.63, 3.8) is 0 Å². The summed E-state index contributed by atoms with van der Waals surface area (Å²) in [4.78, 5) is 13.7. The standard InChI is InChI=1S/C19H19BrClNO2/c20-16-8-6-13(7-9-16)18(14-3-1-5-17(21)11-14)22-10-2-4-15(12-22)19(23)24/h1,3,5-9,11,15,18H,2,4,10,12H2,(H,23,24). The molecule has 0 aliphatic carbocycles. The molecule has 2 atom stereocenters. The van der Waals surface area contributed by atoms with E-state index < -0.39 is 5.97 Å². The molecule has 0 aromatic heterocycles. The third-order valence-corrected chi connectivity index (χ3v) is 5.28. The Morgan fingerprint density at radius 1 is 1.21 bits per heavy atom. The van der Waals surface area contributed by atoms with Gasteiger partial charge in [0.05, 0.1) is 12.0 Å². The first-order valence-electron chi connectivity index (χ1n) is 8.02. The quantitative estimate of drug-likeness (QED) is 0.775. The Bertz CT molecular complexity index is 720. The van der Waals surface area contributed by atoms with Crippen LogP contribution in [-0.4, -0.2) is 29.1 Å². The lowest BCUT2D eigenvalue weighted by atomic mass is 9.91. The fourth-order valence-corrected chi connectivity index (χ4v) is 3.84. The summed E-state index contributed by atoms with van der Waals surface area (Å²) in [5.41, 5.74) is 2.24. The van der Waals surface area contributed by atoms with Crippen molar-refractivity contribution in [1.82, 2.24) is 4.90 Å². The molecule has 1 saturated heterocycles. The molecular weight excluding hydrogens is 390 g/mol. The molecule has 1 fully saturated rings. The number of likely N-dealkylation sites (tertiary alicyclic amines) is 1. The van der Waals surface area contributed by atoms with Crippen molar-refractivity contribution in [1.29, 1.82) is 0 Å². The first kappa shape index (κ1) is 17.5. The molecule has 2 aromatic rings. The number of carboxylic acids is 1. The summed E-state index contributed by atoms with van der Waals surface area (Å²) in [6, 6.07) is 16.1. The van der Waals surface area contributed by atoms with Crippen LogP contribution >= 0.6 is 27.5 Å². The number of aliphatic carboxylic acids is 1. The minimum absolute atomic E-state index is 0.0129. The third kappa shape index (κ3) is 4.00. The third-order valence-electron chi connectivity index (χ3n) is 4.52. The summed E-state index contributed by atoms with van der Waals surface area (Å²) in [7, 11) is 0. The van der Waals surface area contributed by atoms with Gasteiger partial charge in [-0.3, -0.25) is 9.69 Å². The largest absolute Gasteiger partial charge is 0.481 e. The van der Waals surface area contributed by atoms with Crippen molar-refractivity contribution < 1.29 is 9.90 Å². The van der Waals surface area contributed by atoms with Crippen LogP contribution in [0, 0.1) is 5.92 Å². The highest BCUT2D eigenvalue weighted by Crippen LogP contribution is 2.34. The zero-order valence-corrected chi connectivity index (χ0v) is 15.5. The Labute approximate surface area is 155 Å². The molecule has 24 heavy (non-hydrogen) atoms. The van der Waals surface area contributed by atoms with Crippen molar-refractivity contribution in [2.24, 2.45) is 5.92 Å². The van der Waals surface area contributed by atoms with Gasteiger partial charge in [-0.15, -0.1) is 0 Å². The van der Waals surface area contributed by atoms with Gasteiger partial charge < -0.3 is 5.11 Å². The average Bonchev–Trinajstić information content (AvgIpc) is 2.57. The summed E-state index contributed by atoms with van der Waals surface area (Å²) in [5, 5.41) is 10.1. The fourth-order valence-electron chi connectivity index (χ4n) is 3.38. The van der Waals surface area contributed by atoms with Crippen molar-refractivity contribution in [2.45, 2.75) is 18.9 Å².